The number of halogens is 1. The number of rotatable bonds is 6. The number of hydrogen-bond donors (Lipinski definition) is 1. The highest BCUT2D eigenvalue weighted by atomic mass is 32.2. The highest BCUT2D eigenvalue weighted by molar-refractivity contribution is 7.99. The van der Waals surface area contributed by atoms with Crippen molar-refractivity contribution in [3.8, 4) is 0 Å². The molecule has 4 heteroatoms. The third-order valence-corrected chi connectivity index (χ3v) is 3.39. The van der Waals surface area contributed by atoms with Gasteiger partial charge in [0.2, 0.25) is 0 Å². The van der Waals surface area contributed by atoms with E-state index in [0.717, 1.165) is 29.2 Å². The monoisotopic (exact) mass is 243 g/mol. The van der Waals surface area contributed by atoms with E-state index in [9.17, 15) is 4.39 Å². The van der Waals surface area contributed by atoms with Crippen LogP contribution in [0.1, 0.15) is 24.9 Å². The summed E-state index contributed by atoms with van der Waals surface area (Å²) in [4.78, 5) is 1.06. The van der Waals surface area contributed by atoms with Crippen LogP contribution in [0.4, 0.5) is 4.39 Å². The second-order valence-electron chi connectivity index (χ2n) is 3.67. The van der Waals surface area contributed by atoms with Gasteiger partial charge in [-0.2, -0.15) is 0 Å². The van der Waals surface area contributed by atoms with Crippen LogP contribution in [-0.4, -0.2) is 19.5 Å². The topological polar surface area (TPSA) is 35.2 Å². The lowest BCUT2D eigenvalue weighted by Crippen LogP contribution is -2.07. The molecule has 0 spiro atoms. The van der Waals surface area contributed by atoms with Gasteiger partial charge in [-0.3, -0.25) is 0 Å². The molecule has 0 aliphatic rings. The number of thioether (sulfide) groups is 1. The van der Waals surface area contributed by atoms with Crippen molar-refractivity contribution in [3.63, 3.8) is 0 Å². The van der Waals surface area contributed by atoms with Gasteiger partial charge in [0.25, 0.3) is 0 Å². The third kappa shape index (κ3) is 4.12. The second kappa shape index (κ2) is 6.89. The van der Waals surface area contributed by atoms with Gasteiger partial charge in [-0.15, -0.1) is 11.8 Å². The van der Waals surface area contributed by atoms with E-state index in [1.54, 1.807) is 24.9 Å². The number of hydrogen-bond acceptors (Lipinski definition) is 3. The van der Waals surface area contributed by atoms with Crippen molar-refractivity contribution in [1.82, 2.24) is 0 Å². The quantitative estimate of drug-likeness (QED) is 0.616. The molecular weight excluding hydrogens is 225 g/mol. The van der Waals surface area contributed by atoms with Crippen molar-refractivity contribution < 1.29 is 9.13 Å². The van der Waals surface area contributed by atoms with Crippen LogP contribution in [0.15, 0.2) is 23.1 Å². The van der Waals surface area contributed by atoms with Crippen molar-refractivity contribution in [1.29, 1.82) is 0 Å². The first-order valence-corrected chi connectivity index (χ1v) is 6.30. The van der Waals surface area contributed by atoms with Crippen molar-refractivity contribution in [2.75, 3.05) is 19.5 Å². The minimum atomic E-state index is -0.228. The van der Waals surface area contributed by atoms with Gasteiger partial charge in [-0.25, -0.2) is 4.39 Å². The molecule has 0 amide bonds. The predicted molar refractivity (Wildman–Crippen MR) is 66.2 cm³/mol. The van der Waals surface area contributed by atoms with E-state index in [1.807, 2.05) is 6.92 Å². The first-order valence-electron chi connectivity index (χ1n) is 5.32. The molecule has 0 saturated heterocycles. The molecular formula is C12H18FNOS. The highest BCUT2D eigenvalue weighted by Crippen LogP contribution is 2.27. The van der Waals surface area contributed by atoms with Crippen molar-refractivity contribution in [2.45, 2.75) is 24.3 Å². The Morgan fingerprint density at radius 3 is 2.88 bits per heavy atom. The van der Waals surface area contributed by atoms with E-state index in [1.165, 1.54) is 12.1 Å². The van der Waals surface area contributed by atoms with Gasteiger partial charge >= 0.3 is 0 Å². The molecule has 1 aromatic carbocycles. The van der Waals surface area contributed by atoms with Gasteiger partial charge in [0.1, 0.15) is 5.82 Å². The maximum atomic E-state index is 13.1. The molecule has 0 bridgehead atoms. The Morgan fingerprint density at radius 1 is 1.50 bits per heavy atom. The van der Waals surface area contributed by atoms with Crippen LogP contribution < -0.4 is 5.73 Å². The first kappa shape index (κ1) is 13.5. The third-order valence-electron chi connectivity index (χ3n) is 2.21. The molecule has 1 atom stereocenters. The maximum absolute atomic E-state index is 13.1. The van der Waals surface area contributed by atoms with Crippen LogP contribution in [0.5, 0.6) is 0 Å². The van der Waals surface area contributed by atoms with Gasteiger partial charge in [-0.1, -0.05) is 0 Å². The zero-order valence-corrected chi connectivity index (χ0v) is 10.5. The normalized spacial score (nSPS) is 12.8. The summed E-state index contributed by atoms with van der Waals surface area (Å²) in [6.07, 6.45) is 0.983. The lowest BCUT2D eigenvalue weighted by atomic mass is 10.1. The van der Waals surface area contributed by atoms with E-state index >= 15 is 0 Å². The average Bonchev–Trinajstić information content (AvgIpc) is 2.26. The SMILES string of the molecule is COCCCSc1ccc(F)cc1[C@@H](C)N. The molecule has 0 aliphatic carbocycles. The molecule has 90 valence electrons. The van der Waals surface area contributed by atoms with Gasteiger partial charge in [-0.05, 0) is 37.1 Å². The Kier molecular flexibility index (Phi) is 5.80. The van der Waals surface area contributed by atoms with Crippen LogP contribution in [0.25, 0.3) is 0 Å². The molecule has 1 rings (SSSR count). The van der Waals surface area contributed by atoms with E-state index in [2.05, 4.69) is 0 Å². The number of benzene rings is 1. The zero-order valence-electron chi connectivity index (χ0n) is 9.70. The van der Waals surface area contributed by atoms with Crippen LogP contribution in [-0.2, 0) is 4.74 Å². The standard InChI is InChI=1S/C12H18FNOS/c1-9(14)11-8-10(13)4-5-12(11)16-7-3-6-15-2/h4-5,8-9H,3,6-7,14H2,1-2H3/t9-/m1/s1. The molecule has 0 aliphatic heterocycles. The predicted octanol–water partition coefficient (Wildman–Crippen LogP) is 2.97. The molecule has 2 nitrogen and oxygen atoms in total. The fourth-order valence-electron chi connectivity index (χ4n) is 1.39. The molecule has 0 unspecified atom stereocenters. The summed E-state index contributed by atoms with van der Waals surface area (Å²) in [5.74, 6) is 0.729. The summed E-state index contributed by atoms with van der Waals surface area (Å²) in [6, 6.07) is 4.65. The van der Waals surface area contributed by atoms with Gasteiger partial charge in [0, 0.05) is 30.4 Å². The molecule has 0 radical (unpaired) electrons. The minimum absolute atomic E-state index is 0.138. The lowest BCUT2D eigenvalue weighted by molar-refractivity contribution is 0.200. The largest absolute Gasteiger partial charge is 0.385 e. The van der Waals surface area contributed by atoms with Crippen molar-refractivity contribution in [3.05, 3.63) is 29.6 Å². The minimum Gasteiger partial charge on any atom is -0.385 e. The Morgan fingerprint density at radius 2 is 2.25 bits per heavy atom. The summed E-state index contributed by atoms with van der Waals surface area (Å²) < 4.78 is 18.0. The zero-order chi connectivity index (χ0) is 12.0. The van der Waals surface area contributed by atoms with E-state index in [-0.39, 0.29) is 11.9 Å². The van der Waals surface area contributed by atoms with Crippen molar-refractivity contribution in [2.24, 2.45) is 5.73 Å². The fourth-order valence-corrected chi connectivity index (χ4v) is 2.45. The lowest BCUT2D eigenvalue weighted by Gasteiger charge is -2.12. The maximum Gasteiger partial charge on any atom is 0.123 e. The van der Waals surface area contributed by atoms with Crippen LogP contribution >= 0.6 is 11.8 Å². The Balaban J connectivity index is 2.64. The van der Waals surface area contributed by atoms with E-state index < -0.39 is 0 Å². The van der Waals surface area contributed by atoms with Crippen LogP contribution in [0.3, 0.4) is 0 Å². The molecule has 0 aromatic heterocycles. The van der Waals surface area contributed by atoms with E-state index in [4.69, 9.17) is 10.5 Å². The van der Waals surface area contributed by atoms with Gasteiger partial charge in [0.15, 0.2) is 0 Å². The van der Waals surface area contributed by atoms with Crippen molar-refractivity contribution >= 4 is 11.8 Å². The summed E-state index contributed by atoms with van der Waals surface area (Å²) in [5.41, 5.74) is 6.69. The second-order valence-corrected chi connectivity index (χ2v) is 4.80. The summed E-state index contributed by atoms with van der Waals surface area (Å²) in [5, 5.41) is 0. The molecule has 2 N–H and O–H groups in total. The van der Waals surface area contributed by atoms with Gasteiger partial charge in [0.05, 0.1) is 0 Å². The Labute approximate surface area is 100 Å². The molecule has 0 saturated carbocycles. The summed E-state index contributed by atoms with van der Waals surface area (Å²) >= 11 is 1.70. The first-order chi connectivity index (χ1) is 7.65. The highest BCUT2D eigenvalue weighted by Gasteiger charge is 2.08. The average molecular weight is 243 g/mol. The molecule has 0 heterocycles. The summed E-state index contributed by atoms with van der Waals surface area (Å²) in [7, 11) is 1.69. The molecule has 0 fully saturated rings. The summed E-state index contributed by atoms with van der Waals surface area (Å²) in [6.45, 7) is 2.62. The smallest absolute Gasteiger partial charge is 0.123 e. The number of ether oxygens (including phenoxy) is 1. The number of nitrogens with two attached hydrogens (primary N) is 1. The molecule has 16 heavy (non-hydrogen) atoms. The van der Waals surface area contributed by atoms with E-state index in [0.29, 0.717) is 0 Å². The van der Waals surface area contributed by atoms with Gasteiger partial charge < -0.3 is 10.5 Å². The Hall–Kier alpha value is -0.580. The fraction of sp³-hybridized carbons (Fsp3) is 0.500. The molecule has 1 aromatic rings. The van der Waals surface area contributed by atoms with Crippen LogP contribution in [0, 0.1) is 5.82 Å². The number of methoxy groups -OCH3 is 1. The Bertz CT molecular complexity index is 331. The van der Waals surface area contributed by atoms with Crippen LogP contribution in [0.2, 0.25) is 0 Å².